The Morgan fingerprint density at radius 2 is 1.70 bits per heavy atom. The van der Waals surface area contributed by atoms with Crippen LogP contribution in [-0.2, 0) is 4.74 Å². The maximum Gasteiger partial charge on any atom is 0.410 e. The van der Waals surface area contributed by atoms with Crippen LogP contribution in [0.2, 0.25) is 10.0 Å². The van der Waals surface area contributed by atoms with Gasteiger partial charge in [0, 0.05) is 24.2 Å². The average Bonchev–Trinajstić information content (AvgIpc) is 3.10. The smallest absolute Gasteiger partial charge is 0.410 e. The van der Waals surface area contributed by atoms with E-state index < -0.39 is 5.60 Å². The highest BCUT2D eigenvalue weighted by atomic mass is 35.5. The Morgan fingerprint density at radius 1 is 1.03 bits per heavy atom. The van der Waals surface area contributed by atoms with Crippen molar-refractivity contribution in [1.82, 2.24) is 14.7 Å². The summed E-state index contributed by atoms with van der Waals surface area (Å²) in [6.07, 6.45) is 2.44. The topological polar surface area (TPSA) is 47.4 Å². The number of nitrogens with zero attached hydrogens (tertiary/aromatic N) is 3. The zero-order chi connectivity index (χ0) is 23.8. The molecule has 0 bridgehead atoms. The standard InChI is InChI=1S/C26H27Cl2N3O2/c1-17-23(18-13-15-30(16-14-18)25(32)33-26(2,3)4)29-31(19-9-6-5-7-10-19)24(17)22-20(27)11-8-12-21(22)28/h5-13H,14-16H2,1-4H3. The van der Waals surface area contributed by atoms with Gasteiger partial charge >= 0.3 is 6.09 Å². The average molecular weight is 484 g/mol. The molecule has 7 heteroatoms. The number of carbonyl (C=O) groups is 1. The molecule has 172 valence electrons. The Labute approximate surface area is 204 Å². The van der Waals surface area contributed by atoms with Crippen molar-refractivity contribution in [3.63, 3.8) is 0 Å². The van der Waals surface area contributed by atoms with Crippen LogP contribution < -0.4 is 0 Å². The lowest BCUT2D eigenvalue weighted by Crippen LogP contribution is -2.39. The normalized spacial score (nSPS) is 14.2. The van der Waals surface area contributed by atoms with Crippen molar-refractivity contribution < 1.29 is 9.53 Å². The van der Waals surface area contributed by atoms with E-state index in [1.165, 1.54) is 0 Å². The summed E-state index contributed by atoms with van der Waals surface area (Å²) >= 11 is 13.2. The first kappa shape index (κ1) is 23.4. The van der Waals surface area contributed by atoms with Crippen molar-refractivity contribution in [3.05, 3.63) is 75.9 Å². The maximum atomic E-state index is 12.5. The highest BCUT2D eigenvalue weighted by Gasteiger charge is 2.27. The molecule has 1 aliphatic heterocycles. The molecule has 1 aromatic heterocycles. The summed E-state index contributed by atoms with van der Waals surface area (Å²) in [4.78, 5) is 14.2. The first-order valence-electron chi connectivity index (χ1n) is 10.9. The van der Waals surface area contributed by atoms with Crippen molar-refractivity contribution in [2.75, 3.05) is 13.1 Å². The molecule has 0 fully saturated rings. The number of ether oxygens (including phenoxy) is 1. The number of aromatic nitrogens is 2. The van der Waals surface area contributed by atoms with Crippen molar-refractivity contribution in [1.29, 1.82) is 0 Å². The summed E-state index contributed by atoms with van der Waals surface area (Å²) in [5, 5.41) is 6.13. The fourth-order valence-corrected chi connectivity index (χ4v) is 4.53. The van der Waals surface area contributed by atoms with E-state index in [1.54, 1.807) is 4.90 Å². The molecule has 33 heavy (non-hydrogen) atoms. The van der Waals surface area contributed by atoms with Crippen LogP contribution in [0, 0.1) is 6.92 Å². The molecule has 3 aromatic rings. The molecule has 0 aliphatic carbocycles. The summed E-state index contributed by atoms with van der Waals surface area (Å²) in [5.41, 5.74) is 4.99. The third-order valence-electron chi connectivity index (χ3n) is 5.49. The van der Waals surface area contributed by atoms with E-state index in [9.17, 15) is 4.79 Å². The van der Waals surface area contributed by atoms with Gasteiger partial charge in [-0.2, -0.15) is 5.10 Å². The molecule has 4 rings (SSSR count). The molecule has 0 spiro atoms. The highest BCUT2D eigenvalue weighted by molar-refractivity contribution is 6.39. The van der Waals surface area contributed by atoms with Crippen molar-refractivity contribution >= 4 is 34.9 Å². The Morgan fingerprint density at radius 3 is 2.27 bits per heavy atom. The molecule has 1 aliphatic rings. The second-order valence-electron chi connectivity index (χ2n) is 9.07. The monoisotopic (exact) mass is 483 g/mol. The molecule has 0 N–H and O–H groups in total. The summed E-state index contributed by atoms with van der Waals surface area (Å²) in [5.74, 6) is 0. The lowest BCUT2D eigenvalue weighted by atomic mass is 9.99. The minimum atomic E-state index is -0.519. The SMILES string of the molecule is Cc1c(C2=CCN(C(=O)OC(C)(C)C)CC2)nn(-c2ccccc2)c1-c1c(Cl)cccc1Cl. The zero-order valence-electron chi connectivity index (χ0n) is 19.2. The van der Waals surface area contributed by atoms with E-state index in [0.717, 1.165) is 33.8 Å². The van der Waals surface area contributed by atoms with E-state index in [4.69, 9.17) is 33.0 Å². The number of rotatable bonds is 3. The van der Waals surface area contributed by atoms with Crippen LogP contribution in [0.1, 0.15) is 38.4 Å². The second-order valence-corrected chi connectivity index (χ2v) is 9.89. The van der Waals surface area contributed by atoms with Gasteiger partial charge in [-0.05, 0) is 64.0 Å². The minimum Gasteiger partial charge on any atom is -0.444 e. The zero-order valence-corrected chi connectivity index (χ0v) is 20.7. The number of carbonyl (C=O) groups excluding carboxylic acids is 1. The number of para-hydroxylation sites is 1. The van der Waals surface area contributed by atoms with Gasteiger partial charge in [-0.3, -0.25) is 0 Å². The van der Waals surface area contributed by atoms with Gasteiger partial charge in [0.05, 0.1) is 27.1 Å². The molecule has 2 heterocycles. The first-order valence-corrected chi connectivity index (χ1v) is 11.7. The van der Waals surface area contributed by atoms with Gasteiger partial charge in [0.15, 0.2) is 0 Å². The van der Waals surface area contributed by atoms with E-state index in [1.807, 2.05) is 80.9 Å². The van der Waals surface area contributed by atoms with Crippen LogP contribution in [0.5, 0.6) is 0 Å². The van der Waals surface area contributed by atoms with Crippen molar-refractivity contribution in [2.45, 2.75) is 39.7 Å². The molecule has 0 unspecified atom stereocenters. The number of benzene rings is 2. The summed E-state index contributed by atoms with van der Waals surface area (Å²) < 4.78 is 7.42. The van der Waals surface area contributed by atoms with Gasteiger partial charge in [-0.1, -0.05) is 53.5 Å². The van der Waals surface area contributed by atoms with E-state index in [-0.39, 0.29) is 6.09 Å². The molecule has 2 aromatic carbocycles. The fraction of sp³-hybridized carbons (Fsp3) is 0.308. The first-order chi connectivity index (χ1) is 15.7. The highest BCUT2D eigenvalue weighted by Crippen LogP contribution is 2.40. The van der Waals surface area contributed by atoms with Gasteiger partial charge in [-0.25, -0.2) is 9.48 Å². The molecule has 0 atom stereocenters. The Bertz CT molecular complexity index is 1190. The van der Waals surface area contributed by atoms with Crippen LogP contribution in [0.15, 0.2) is 54.6 Å². The van der Waals surface area contributed by atoms with E-state index in [0.29, 0.717) is 29.6 Å². The van der Waals surface area contributed by atoms with Gasteiger partial charge in [-0.15, -0.1) is 0 Å². The summed E-state index contributed by atoms with van der Waals surface area (Å²) in [6, 6.07) is 15.4. The minimum absolute atomic E-state index is 0.298. The Kier molecular flexibility index (Phi) is 6.55. The molecular formula is C26H27Cl2N3O2. The lowest BCUT2D eigenvalue weighted by Gasteiger charge is -2.29. The number of hydrogen-bond donors (Lipinski definition) is 0. The number of amides is 1. The van der Waals surface area contributed by atoms with E-state index >= 15 is 0 Å². The van der Waals surface area contributed by atoms with Gasteiger partial charge in [0.25, 0.3) is 0 Å². The Hall–Kier alpha value is -2.76. The van der Waals surface area contributed by atoms with Crippen LogP contribution in [0.3, 0.4) is 0 Å². The lowest BCUT2D eigenvalue weighted by molar-refractivity contribution is 0.0270. The number of halogens is 2. The predicted octanol–water partition coefficient (Wildman–Crippen LogP) is 7.18. The van der Waals surface area contributed by atoms with Crippen molar-refractivity contribution in [3.8, 4) is 16.9 Å². The predicted molar refractivity (Wildman–Crippen MR) is 134 cm³/mol. The van der Waals surface area contributed by atoms with Crippen LogP contribution in [0.4, 0.5) is 4.79 Å². The summed E-state index contributed by atoms with van der Waals surface area (Å²) in [7, 11) is 0. The number of hydrogen-bond acceptors (Lipinski definition) is 3. The fourth-order valence-electron chi connectivity index (χ4n) is 3.95. The second kappa shape index (κ2) is 9.24. The third-order valence-corrected chi connectivity index (χ3v) is 6.12. The Balaban J connectivity index is 1.76. The molecular weight excluding hydrogens is 457 g/mol. The van der Waals surface area contributed by atoms with Crippen LogP contribution >= 0.6 is 23.2 Å². The largest absolute Gasteiger partial charge is 0.444 e. The van der Waals surface area contributed by atoms with Gasteiger partial charge in [0.2, 0.25) is 0 Å². The van der Waals surface area contributed by atoms with E-state index in [2.05, 4.69) is 6.08 Å². The quantitative estimate of drug-likeness (QED) is 0.396. The molecule has 0 saturated heterocycles. The van der Waals surface area contributed by atoms with Gasteiger partial charge in [0.1, 0.15) is 5.60 Å². The molecule has 5 nitrogen and oxygen atoms in total. The summed E-state index contributed by atoms with van der Waals surface area (Å²) in [6.45, 7) is 8.70. The molecule has 0 radical (unpaired) electrons. The molecule has 0 saturated carbocycles. The van der Waals surface area contributed by atoms with Crippen LogP contribution in [-0.4, -0.2) is 39.5 Å². The third kappa shape index (κ3) is 4.94. The van der Waals surface area contributed by atoms with Crippen LogP contribution in [0.25, 0.3) is 22.5 Å². The molecule has 1 amide bonds. The van der Waals surface area contributed by atoms with Gasteiger partial charge < -0.3 is 9.64 Å². The van der Waals surface area contributed by atoms with Crippen molar-refractivity contribution in [2.24, 2.45) is 0 Å². The maximum absolute atomic E-state index is 12.5.